The molecule has 13 heavy (non-hydrogen) atoms. The van der Waals surface area contributed by atoms with E-state index in [0.717, 1.165) is 18.5 Å². The quantitative estimate of drug-likeness (QED) is 0.527. The summed E-state index contributed by atoms with van der Waals surface area (Å²) in [4.78, 5) is 2.43. The van der Waals surface area contributed by atoms with E-state index in [1.807, 2.05) is 0 Å². The van der Waals surface area contributed by atoms with Crippen molar-refractivity contribution < 1.29 is 0 Å². The molecule has 0 aliphatic heterocycles. The Morgan fingerprint density at radius 1 is 1.15 bits per heavy atom. The smallest absolute Gasteiger partial charge is 0.0351 e. The van der Waals surface area contributed by atoms with Crippen LogP contribution in [0.5, 0.6) is 0 Å². The van der Waals surface area contributed by atoms with Crippen LogP contribution >= 0.6 is 24.0 Å². The van der Waals surface area contributed by atoms with Crippen molar-refractivity contribution in [1.29, 1.82) is 0 Å². The maximum absolute atomic E-state index is 5.71. The van der Waals surface area contributed by atoms with Crippen LogP contribution in [0, 0.1) is 0 Å². The maximum atomic E-state index is 5.71. The molecule has 1 fully saturated rings. The highest BCUT2D eigenvalue weighted by Gasteiger charge is 2.15. The molecular weight excluding hydrogens is 205 g/mol. The van der Waals surface area contributed by atoms with Crippen molar-refractivity contribution in [3.05, 3.63) is 0 Å². The first kappa shape index (κ1) is 13.5. The lowest BCUT2D eigenvalue weighted by atomic mass is 10.1. The molecule has 80 valence electrons. The summed E-state index contributed by atoms with van der Waals surface area (Å²) in [5.41, 5.74) is 0. The van der Waals surface area contributed by atoms with Gasteiger partial charge in [0, 0.05) is 18.5 Å². The second kappa shape index (κ2) is 7.90. The van der Waals surface area contributed by atoms with Crippen LogP contribution in [-0.4, -0.2) is 30.4 Å². The molecule has 0 radical (unpaired) electrons. The predicted molar refractivity (Wildman–Crippen MR) is 62.1 cm³/mol. The normalized spacial score (nSPS) is 19.6. The van der Waals surface area contributed by atoms with E-state index >= 15 is 0 Å². The predicted octanol–water partition coefficient (Wildman–Crippen LogP) is 3.30. The van der Waals surface area contributed by atoms with Gasteiger partial charge in [-0.15, -0.1) is 24.0 Å². The van der Waals surface area contributed by atoms with Gasteiger partial charge < -0.3 is 4.90 Å². The van der Waals surface area contributed by atoms with Gasteiger partial charge in [0.25, 0.3) is 0 Å². The zero-order valence-electron chi connectivity index (χ0n) is 8.47. The molecule has 0 bridgehead atoms. The van der Waals surface area contributed by atoms with Gasteiger partial charge in [-0.1, -0.05) is 25.7 Å². The Morgan fingerprint density at radius 2 is 1.69 bits per heavy atom. The third kappa shape index (κ3) is 5.09. The van der Waals surface area contributed by atoms with Crippen molar-refractivity contribution >= 4 is 24.0 Å². The largest absolute Gasteiger partial charge is 0.302 e. The van der Waals surface area contributed by atoms with Crippen LogP contribution < -0.4 is 0 Å². The average Bonchev–Trinajstić information content (AvgIpc) is 2.32. The highest BCUT2D eigenvalue weighted by molar-refractivity contribution is 6.18. The van der Waals surface area contributed by atoms with Crippen LogP contribution in [0.25, 0.3) is 0 Å². The molecule has 1 nitrogen and oxygen atoms in total. The van der Waals surface area contributed by atoms with Gasteiger partial charge in [-0.25, -0.2) is 0 Å². The van der Waals surface area contributed by atoms with Gasteiger partial charge in [0.05, 0.1) is 0 Å². The fourth-order valence-electron chi connectivity index (χ4n) is 2.01. The summed E-state index contributed by atoms with van der Waals surface area (Å²) in [5.74, 6) is 0.771. The summed E-state index contributed by atoms with van der Waals surface area (Å²) in [5, 5.41) is 0. The number of nitrogens with zero attached hydrogens (tertiary/aromatic N) is 1. The molecular formula is C10H21Cl2N. The van der Waals surface area contributed by atoms with Crippen LogP contribution in [0.1, 0.15) is 38.5 Å². The second-order valence-corrected chi connectivity index (χ2v) is 4.19. The topological polar surface area (TPSA) is 3.24 Å². The molecule has 0 spiro atoms. The first-order valence-corrected chi connectivity index (χ1v) is 5.64. The van der Waals surface area contributed by atoms with E-state index in [2.05, 4.69) is 11.9 Å². The first-order chi connectivity index (χ1) is 5.84. The zero-order chi connectivity index (χ0) is 8.81. The molecule has 0 atom stereocenters. The van der Waals surface area contributed by atoms with Gasteiger partial charge in [0.15, 0.2) is 0 Å². The molecule has 0 aromatic heterocycles. The monoisotopic (exact) mass is 225 g/mol. The molecule has 0 saturated heterocycles. The van der Waals surface area contributed by atoms with Crippen LogP contribution in [0.3, 0.4) is 0 Å². The van der Waals surface area contributed by atoms with E-state index in [1.165, 1.54) is 38.5 Å². The van der Waals surface area contributed by atoms with Crippen LogP contribution in [0.2, 0.25) is 0 Å². The fraction of sp³-hybridized carbons (Fsp3) is 1.00. The number of rotatable bonds is 3. The molecule has 0 amide bonds. The molecule has 0 heterocycles. The molecule has 3 heteroatoms. The molecule has 0 N–H and O–H groups in total. The van der Waals surface area contributed by atoms with Crippen LogP contribution in [0.4, 0.5) is 0 Å². The van der Waals surface area contributed by atoms with Gasteiger partial charge in [0.1, 0.15) is 0 Å². The SMILES string of the molecule is CN(CCCl)C1CCCCCC1.Cl. The highest BCUT2D eigenvalue weighted by atomic mass is 35.5. The number of alkyl halides is 1. The van der Waals surface area contributed by atoms with Crippen LogP contribution in [0.15, 0.2) is 0 Å². The average molecular weight is 226 g/mol. The van der Waals surface area contributed by atoms with E-state index < -0.39 is 0 Å². The summed E-state index contributed by atoms with van der Waals surface area (Å²) in [6, 6.07) is 0.811. The van der Waals surface area contributed by atoms with Gasteiger partial charge in [-0.05, 0) is 19.9 Å². The molecule has 0 unspecified atom stereocenters. The standard InChI is InChI=1S/C10H20ClN.ClH/c1-12(9-8-11)10-6-4-2-3-5-7-10;/h10H,2-9H2,1H3;1H. The van der Waals surface area contributed by atoms with Crippen molar-refractivity contribution in [2.45, 2.75) is 44.6 Å². The Labute approximate surface area is 93.2 Å². The fourth-order valence-corrected chi connectivity index (χ4v) is 2.28. The van der Waals surface area contributed by atoms with E-state index in [4.69, 9.17) is 11.6 Å². The number of hydrogen-bond acceptors (Lipinski definition) is 1. The highest BCUT2D eigenvalue weighted by Crippen LogP contribution is 2.20. The van der Waals surface area contributed by atoms with Crippen molar-refractivity contribution in [3.8, 4) is 0 Å². The Bertz CT molecular complexity index is 111. The Balaban J connectivity index is 0.00000144. The van der Waals surface area contributed by atoms with E-state index in [1.54, 1.807) is 0 Å². The lowest BCUT2D eigenvalue weighted by Gasteiger charge is -2.25. The van der Waals surface area contributed by atoms with Crippen molar-refractivity contribution in [2.24, 2.45) is 0 Å². The van der Waals surface area contributed by atoms with Crippen LogP contribution in [-0.2, 0) is 0 Å². The van der Waals surface area contributed by atoms with Gasteiger partial charge >= 0.3 is 0 Å². The maximum Gasteiger partial charge on any atom is 0.0351 e. The molecule has 0 aromatic rings. The summed E-state index contributed by atoms with van der Waals surface area (Å²) < 4.78 is 0. The number of hydrogen-bond donors (Lipinski definition) is 0. The summed E-state index contributed by atoms with van der Waals surface area (Å²) in [7, 11) is 2.21. The Morgan fingerprint density at radius 3 is 2.15 bits per heavy atom. The lowest BCUT2D eigenvalue weighted by Crippen LogP contribution is -2.32. The van der Waals surface area contributed by atoms with E-state index in [-0.39, 0.29) is 12.4 Å². The van der Waals surface area contributed by atoms with E-state index in [9.17, 15) is 0 Å². The molecule has 1 aliphatic rings. The second-order valence-electron chi connectivity index (χ2n) is 3.81. The van der Waals surface area contributed by atoms with Gasteiger partial charge in [0.2, 0.25) is 0 Å². The summed E-state index contributed by atoms with van der Waals surface area (Å²) >= 11 is 5.71. The van der Waals surface area contributed by atoms with Crippen molar-refractivity contribution in [1.82, 2.24) is 4.90 Å². The minimum Gasteiger partial charge on any atom is -0.302 e. The molecule has 0 aromatic carbocycles. The van der Waals surface area contributed by atoms with E-state index in [0.29, 0.717) is 0 Å². The Hall–Kier alpha value is 0.540. The zero-order valence-corrected chi connectivity index (χ0v) is 10.0. The first-order valence-electron chi connectivity index (χ1n) is 5.11. The molecule has 1 saturated carbocycles. The lowest BCUT2D eigenvalue weighted by molar-refractivity contribution is 0.233. The molecule has 1 rings (SSSR count). The third-order valence-corrected chi connectivity index (χ3v) is 3.05. The summed E-state index contributed by atoms with van der Waals surface area (Å²) in [6.07, 6.45) is 8.46. The minimum atomic E-state index is 0. The Kier molecular flexibility index (Phi) is 8.23. The number of halogens is 2. The minimum absolute atomic E-state index is 0. The summed E-state index contributed by atoms with van der Waals surface area (Å²) in [6.45, 7) is 1.05. The van der Waals surface area contributed by atoms with Crippen molar-refractivity contribution in [3.63, 3.8) is 0 Å². The third-order valence-electron chi connectivity index (χ3n) is 2.89. The van der Waals surface area contributed by atoms with Gasteiger partial charge in [-0.3, -0.25) is 0 Å². The molecule has 1 aliphatic carbocycles. The van der Waals surface area contributed by atoms with Crippen molar-refractivity contribution in [2.75, 3.05) is 19.5 Å². The van der Waals surface area contributed by atoms with Gasteiger partial charge in [-0.2, -0.15) is 0 Å².